The largest absolute Gasteiger partial charge is 0.478 e. The van der Waals surface area contributed by atoms with Crippen LogP contribution in [0.2, 0.25) is 0 Å². The number of nitrogens with one attached hydrogen (secondary N) is 1. The highest BCUT2D eigenvalue weighted by Crippen LogP contribution is 2.11. The molecule has 0 aliphatic heterocycles. The normalized spacial score (nSPS) is 10.1. The van der Waals surface area contributed by atoms with Gasteiger partial charge in [0.15, 0.2) is 0 Å². The van der Waals surface area contributed by atoms with Crippen LogP contribution in [0.5, 0.6) is 0 Å². The van der Waals surface area contributed by atoms with E-state index < -0.39 is 5.97 Å². The maximum absolute atomic E-state index is 10.8. The average Bonchev–Trinajstić information content (AvgIpc) is 2.72. The van der Waals surface area contributed by atoms with E-state index >= 15 is 0 Å². The first-order valence-corrected chi connectivity index (χ1v) is 10.3. The molecule has 2 N–H and O–H groups in total. The second-order valence-corrected chi connectivity index (χ2v) is 7.02. The van der Waals surface area contributed by atoms with Crippen LogP contribution in [0.25, 0.3) is 0 Å². The maximum atomic E-state index is 10.8. The molecule has 0 bridgehead atoms. The molecular formula is C25H31NO2. The van der Waals surface area contributed by atoms with Crippen LogP contribution in [0, 0.1) is 11.8 Å². The third-order valence-corrected chi connectivity index (χ3v) is 4.70. The summed E-state index contributed by atoms with van der Waals surface area (Å²) in [6.45, 7) is 0.930. The van der Waals surface area contributed by atoms with E-state index in [1.54, 1.807) is 12.1 Å². The van der Waals surface area contributed by atoms with Crippen LogP contribution in [-0.4, -0.2) is 17.6 Å². The zero-order chi connectivity index (χ0) is 19.9. The minimum Gasteiger partial charge on any atom is -0.478 e. The van der Waals surface area contributed by atoms with Gasteiger partial charge in [0.1, 0.15) is 0 Å². The second kappa shape index (κ2) is 13.4. The number of carboxylic acids is 1. The van der Waals surface area contributed by atoms with E-state index in [0.717, 1.165) is 37.9 Å². The lowest BCUT2D eigenvalue weighted by Gasteiger charge is -2.06. The minimum absolute atomic E-state index is 0.325. The van der Waals surface area contributed by atoms with Crippen molar-refractivity contribution in [3.05, 3.63) is 65.7 Å². The van der Waals surface area contributed by atoms with Gasteiger partial charge in [0.25, 0.3) is 0 Å². The molecule has 2 rings (SSSR count). The third-order valence-electron chi connectivity index (χ3n) is 4.70. The molecule has 0 saturated carbocycles. The molecule has 3 heteroatoms. The number of carboxylic acid groups (broad SMARTS) is 1. The number of rotatable bonds is 12. The molecule has 148 valence electrons. The number of hydrogen-bond donors (Lipinski definition) is 2. The number of aryl methyl sites for hydroxylation is 1. The number of hydrogen-bond acceptors (Lipinski definition) is 2. The average molecular weight is 378 g/mol. The fourth-order valence-electron chi connectivity index (χ4n) is 3.04. The molecular weight excluding hydrogens is 346 g/mol. The molecule has 0 unspecified atom stereocenters. The first-order valence-electron chi connectivity index (χ1n) is 10.3. The number of benzene rings is 2. The van der Waals surface area contributed by atoms with Gasteiger partial charge >= 0.3 is 5.97 Å². The Morgan fingerprint density at radius 2 is 1.43 bits per heavy atom. The lowest BCUT2D eigenvalue weighted by Crippen LogP contribution is -2.02. The van der Waals surface area contributed by atoms with Crippen molar-refractivity contribution in [1.29, 1.82) is 0 Å². The van der Waals surface area contributed by atoms with Crippen LogP contribution >= 0.6 is 0 Å². The molecule has 28 heavy (non-hydrogen) atoms. The first kappa shape index (κ1) is 21.6. The van der Waals surface area contributed by atoms with E-state index in [4.69, 9.17) is 5.11 Å². The summed E-state index contributed by atoms with van der Waals surface area (Å²) in [4.78, 5) is 10.8. The molecule has 0 radical (unpaired) electrons. The summed E-state index contributed by atoms with van der Waals surface area (Å²) in [5.41, 5.74) is 2.67. The van der Waals surface area contributed by atoms with Crippen LogP contribution < -0.4 is 5.32 Å². The van der Waals surface area contributed by atoms with Crippen molar-refractivity contribution in [2.24, 2.45) is 0 Å². The van der Waals surface area contributed by atoms with Crippen LogP contribution in [0.3, 0.4) is 0 Å². The Hall–Kier alpha value is -2.73. The predicted molar refractivity (Wildman–Crippen MR) is 117 cm³/mol. The highest BCUT2D eigenvalue weighted by atomic mass is 16.4. The van der Waals surface area contributed by atoms with E-state index in [1.165, 1.54) is 37.7 Å². The Morgan fingerprint density at radius 3 is 2.14 bits per heavy atom. The zero-order valence-corrected chi connectivity index (χ0v) is 16.6. The molecule has 0 aliphatic carbocycles. The molecule has 3 nitrogen and oxygen atoms in total. The summed E-state index contributed by atoms with van der Waals surface area (Å²) in [7, 11) is 0. The van der Waals surface area contributed by atoms with Gasteiger partial charge in [-0.2, -0.15) is 0 Å². The van der Waals surface area contributed by atoms with Gasteiger partial charge in [-0.3, -0.25) is 0 Å². The molecule has 0 atom stereocenters. The van der Waals surface area contributed by atoms with Crippen LogP contribution in [0.4, 0.5) is 5.69 Å². The van der Waals surface area contributed by atoms with E-state index in [1.807, 2.05) is 18.2 Å². The van der Waals surface area contributed by atoms with E-state index in [-0.39, 0.29) is 0 Å². The Bertz CT molecular complexity index is 742. The highest BCUT2D eigenvalue weighted by molar-refractivity contribution is 5.87. The Balaban J connectivity index is 1.40. The van der Waals surface area contributed by atoms with Crippen LogP contribution in [0.1, 0.15) is 67.3 Å². The van der Waals surface area contributed by atoms with Crippen molar-refractivity contribution in [1.82, 2.24) is 0 Å². The number of aromatic carboxylic acids is 1. The smallest absolute Gasteiger partial charge is 0.335 e. The van der Waals surface area contributed by atoms with Gasteiger partial charge < -0.3 is 10.4 Å². The van der Waals surface area contributed by atoms with Gasteiger partial charge in [-0.25, -0.2) is 4.79 Å². The van der Waals surface area contributed by atoms with Crippen molar-refractivity contribution >= 4 is 11.7 Å². The Morgan fingerprint density at radius 1 is 0.786 bits per heavy atom. The molecule has 0 aromatic heterocycles. The molecule has 0 heterocycles. The Kier molecular flexibility index (Phi) is 10.4. The standard InChI is InChI=1S/C25H31NO2/c27-25(28)23-17-19-24(20-18-23)26-21-13-8-6-4-2-1-3-5-7-10-14-22-15-11-9-12-16-22/h9,11-12,15-20,26H,1-4,6,8,10,13-14,21H2,(H,27,28). The number of anilines is 1. The monoisotopic (exact) mass is 377 g/mol. The maximum Gasteiger partial charge on any atom is 0.335 e. The summed E-state index contributed by atoms with van der Waals surface area (Å²) in [5, 5.41) is 12.2. The summed E-state index contributed by atoms with van der Waals surface area (Å²) in [5.74, 6) is 5.70. The number of carbonyl (C=O) groups is 1. The summed E-state index contributed by atoms with van der Waals surface area (Å²) >= 11 is 0. The van der Waals surface area contributed by atoms with E-state index in [0.29, 0.717) is 5.56 Å². The summed E-state index contributed by atoms with van der Waals surface area (Å²) in [6, 6.07) is 17.4. The number of unbranched alkanes of at least 4 members (excludes halogenated alkanes) is 6. The van der Waals surface area contributed by atoms with Crippen molar-refractivity contribution in [2.75, 3.05) is 11.9 Å². The van der Waals surface area contributed by atoms with Crippen molar-refractivity contribution in [3.8, 4) is 11.8 Å². The van der Waals surface area contributed by atoms with Crippen molar-refractivity contribution in [3.63, 3.8) is 0 Å². The summed E-state index contributed by atoms with van der Waals surface area (Å²) in [6.07, 6.45) is 10.4. The predicted octanol–water partition coefficient (Wildman–Crippen LogP) is 6.16. The van der Waals surface area contributed by atoms with Gasteiger partial charge in [0, 0.05) is 25.1 Å². The minimum atomic E-state index is -0.885. The molecule has 0 amide bonds. The fourth-order valence-corrected chi connectivity index (χ4v) is 3.04. The molecule has 2 aromatic rings. The third kappa shape index (κ3) is 9.28. The molecule has 0 fully saturated rings. The lowest BCUT2D eigenvalue weighted by atomic mass is 10.1. The van der Waals surface area contributed by atoms with Gasteiger partial charge in [-0.15, -0.1) is 11.8 Å². The van der Waals surface area contributed by atoms with Gasteiger partial charge in [0.05, 0.1) is 5.56 Å². The summed E-state index contributed by atoms with van der Waals surface area (Å²) < 4.78 is 0. The second-order valence-electron chi connectivity index (χ2n) is 7.02. The molecule has 0 aliphatic rings. The highest BCUT2D eigenvalue weighted by Gasteiger charge is 2.01. The van der Waals surface area contributed by atoms with Crippen molar-refractivity contribution in [2.45, 2.75) is 57.8 Å². The first-order chi connectivity index (χ1) is 13.8. The van der Waals surface area contributed by atoms with Gasteiger partial charge in [0.2, 0.25) is 0 Å². The topological polar surface area (TPSA) is 49.3 Å². The van der Waals surface area contributed by atoms with Gasteiger partial charge in [-0.05, 0) is 49.1 Å². The van der Waals surface area contributed by atoms with E-state index in [9.17, 15) is 4.79 Å². The molecule has 0 spiro atoms. The zero-order valence-electron chi connectivity index (χ0n) is 16.6. The van der Waals surface area contributed by atoms with Crippen LogP contribution in [0.15, 0.2) is 54.6 Å². The lowest BCUT2D eigenvalue weighted by molar-refractivity contribution is 0.0697. The molecule has 0 saturated heterocycles. The van der Waals surface area contributed by atoms with Crippen LogP contribution in [-0.2, 0) is 6.42 Å². The van der Waals surface area contributed by atoms with Gasteiger partial charge in [-0.1, -0.05) is 56.0 Å². The quantitative estimate of drug-likeness (QED) is 0.344. The fraction of sp³-hybridized carbons (Fsp3) is 0.400. The van der Waals surface area contributed by atoms with Crippen molar-refractivity contribution < 1.29 is 9.90 Å². The van der Waals surface area contributed by atoms with E-state index in [2.05, 4.69) is 41.4 Å². The Labute approximate surface area is 169 Å². The SMILES string of the molecule is O=C(O)c1ccc(NCCCCCCCCC#CCCc2ccccc2)cc1. The molecule has 2 aromatic carbocycles.